The molecule has 3 atom stereocenters. The fourth-order valence-electron chi connectivity index (χ4n) is 4.64. The second-order valence-electron chi connectivity index (χ2n) is 7.72. The van der Waals surface area contributed by atoms with E-state index in [9.17, 15) is 4.79 Å². The van der Waals surface area contributed by atoms with Crippen LogP contribution in [0.25, 0.3) is 0 Å². The number of carbonyl (C=O) groups is 1. The molecule has 2 saturated carbocycles. The van der Waals surface area contributed by atoms with Crippen LogP contribution in [-0.2, 0) is 4.79 Å². The molecule has 2 aliphatic carbocycles. The van der Waals surface area contributed by atoms with Gasteiger partial charge >= 0.3 is 0 Å². The highest BCUT2D eigenvalue weighted by atomic mass is 16.1. The Hall–Kier alpha value is -1.26. The minimum atomic E-state index is -0.181. The lowest BCUT2D eigenvalue weighted by Gasteiger charge is -2.35. The molecule has 1 saturated heterocycles. The molecule has 1 aliphatic heterocycles. The molecule has 5 nitrogen and oxygen atoms in total. The van der Waals surface area contributed by atoms with Crippen molar-refractivity contribution in [2.24, 2.45) is 28.5 Å². The highest BCUT2D eigenvalue weighted by Gasteiger charge is 2.44. The Labute approximate surface area is 140 Å². The average molecular weight is 320 g/mol. The van der Waals surface area contributed by atoms with E-state index < -0.39 is 0 Å². The smallest absolute Gasteiger partial charge is 0.217 e. The lowest BCUT2D eigenvalue weighted by molar-refractivity contribution is -0.119. The fourth-order valence-corrected chi connectivity index (χ4v) is 4.64. The Kier molecular flexibility index (Phi) is 5.44. The zero-order valence-electron chi connectivity index (χ0n) is 14.5. The largest absolute Gasteiger partial charge is 0.370 e. The van der Waals surface area contributed by atoms with E-state index in [1.165, 1.54) is 38.5 Å². The molecule has 1 heterocycles. The molecule has 0 aromatic rings. The first-order valence-electron chi connectivity index (χ1n) is 9.44. The number of hydrogen-bond donors (Lipinski definition) is 2. The standard InChI is InChI=1S/C18H32N4O/c1-20-18(22-9-5-6-13(12-22)10-17(19)23)21-16-11-15(16)14-7-3-2-4-8-14/h13-16H,2-12H2,1H3,(H2,19,23)(H,20,21). The normalized spacial score (nSPS) is 32.7. The van der Waals surface area contributed by atoms with Crippen LogP contribution in [0.1, 0.15) is 57.8 Å². The molecule has 3 fully saturated rings. The molecule has 0 bridgehead atoms. The predicted octanol–water partition coefficient (Wildman–Crippen LogP) is 2.12. The molecule has 23 heavy (non-hydrogen) atoms. The van der Waals surface area contributed by atoms with Crippen LogP contribution >= 0.6 is 0 Å². The third-order valence-corrected chi connectivity index (χ3v) is 5.93. The third-order valence-electron chi connectivity index (χ3n) is 5.93. The first-order valence-corrected chi connectivity index (χ1v) is 9.44. The zero-order valence-corrected chi connectivity index (χ0v) is 14.5. The maximum absolute atomic E-state index is 11.2. The van der Waals surface area contributed by atoms with Gasteiger partial charge < -0.3 is 16.0 Å². The topological polar surface area (TPSA) is 70.7 Å². The Balaban J connectivity index is 1.49. The summed E-state index contributed by atoms with van der Waals surface area (Å²) in [5, 5.41) is 3.69. The van der Waals surface area contributed by atoms with Crippen LogP contribution in [0.5, 0.6) is 0 Å². The van der Waals surface area contributed by atoms with Gasteiger partial charge in [-0.25, -0.2) is 0 Å². The van der Waals surface area contributed by atoms with Gasteiger partial charge in [-0.15, -0.1) is 0 Å². The molecule has 1 amide bonds. The van der Waals surface area contributed by atoms with E-state index in [1.54, 1.807) is 0 Å². The van der Waals surface area contributed by atoms with Crippen LogP contribution in [-0.4, -0.2) is 42.9 Å². The number of carbonyl (C=O) groups excluding carboxylic acids is 1. The van der Waals surface area contributed by atoms with E-state index >= 15 is 0 Å². The summed E-state index contributed by atoms with van der Waals surface area (Å²) in [6, 6.07) is 0.619. The SMILES string of the molecule is CN=C(NC1CC1C1CCCCC1)N1CCCC(CC(N)=O)C1. The van der Waals surface area contributed by atoms with Crippen molar-refractivity contribution in [2.45, 2.75) is 63.8 Å². The van der Waals surface area contributed by atoms with Gasteiger partial charge in [0, 0.05) is 32.6 Å². The number of hydrogen-bond acceptors (Lipinski definition) is 2. The molecule has 3 unspecified atom stereocenters. The molecule has 3 N–H and O–H groups in total. The Morgan fingerprint density at radius 1 is 1.22 bits per heavy atom. The first kappa shape index (κ1) is 16.6. The number of primary amides is 1. The van der Waals surface area contributed by atoms with E-state index in [4.69, 9.17) is 5.73 Å². The van der Waals surface area contributed by atoms with Crippen LogP contribution in [0.4, 0.5) is 0 Å². The molecule has 130 valence electrons. The van der Waals surface area contributed by atoms with Gasteiger partial charge in [-0.1, -0.05) is 32.1 Å². The van der Waals surface area contributed by atoms with Crippen LogP contribution < -0.4 is 11.1 Å². The van der Waals surface area contributed by atoms with Gasteiger partial charge in [0.25, 0.3) is 0 Å². The third kappa shape index (κ3) is 4.39. The number of amides is 1. The first-order chi connectivity index (χ1) is 11.2. The summed E-state index contributed by atoms with van der Waals surface area (Å²) in [5.74, 6) is 3.02. The van der Waals surface area contributed by atoms with E-state index in [0.29, 0.717) is 18.4 Å². The minimum absolute atomic E-state index is 0.181. The predicted molar refractivity (Wildman–Crippen MR) is 93.1 cm³/mol. The molecule has 0 aromatic carbocycles. The van der Waals surface area contributed by atoms with Gasteiger partial charge in [-0.2, -0.15) is 0 Å². The second kappa shape index (κ2) is 7.54. The summed E-state index contributed by atoms with van der Waals surface area (Å²) in [4.78, 5) is 18.0. The summed E-state index contributed by atoms with van der Waals surface area (Å²) >= 11 is 0. The second-order valence-corrected chi connectivity index (χ2v) is 7.72. The summed E-state index contributed by atoms with van der Waals surface area (Å²) in [7, 11) is 1.87. The highest BCUT2D eigenvalue weighted by molar-refractivity contribution is 5.81. The Bertz CT molecular complexity index is 444. The van der Waals surface area contributed by atoms with Crippen LogP contribution in [0, 0.1) is 17.8 Å². The van der Waals surface area contributed by atoms with E-state index in [0.717, 1.165) is 43.7 Å². The van der Waals surface area contributed by atoms with Crippen molar-refractivity contribution in [1.82, 2.24) is 10.2 Å². The molecular formula is C18H32N4O. The number of nitrogens with zero attached hydrogens (tertiary/aromatic N) is 2. The van der Waals surface area contributed by atoms with Crippen LogP contribution in [0.2, 0.25) is 0 Å². The van der Waals surface area contributed by atoms with E-state index in [1.807, 2.05) is 7.05 Å². The van der Waals surface area contributed by atoms with E-state index in [2.05, 4.69) is 15.2 Å². The van der Waals surface area contributed by atoms with Crippen LogP contribution in [0.3, 0.4) is 0 Å². The monoisotopic (exact) mass is 320 g/mol. The fraction of sp³-hybridized carbons (Fsp3) is 0.889. The summed E-state index contributed by atoms with van der Waals surface area (Å²) in [5.41, 5.74) is 5.37. The molecule has 0 spiro atoms. The van der Waals surface area contributed by atoms with Crippen molar-refractivity contribution in [3.05, 3.63) is 0 Å². The summed E-state index contributed by atoms with van der Waals surface area (Å²) in [6.45, 7) is 1.94. The van der Waals surface area contributed by atoms with Crippen molar-refractivity contribution >= 4 is 11.9 Å². The number of aliphatic imine (C=N–C) groups is 1. The summed E-state index contributed by atoms with van der Waals surface area (Å²) in [6.07, 6.45) is 11.1. The van der Waals surface area contributed by atoms with Crippen LogP contribution in [0.15, 0.2) is 4.99 Å². The molecule has 5 heteroatoms. The molecule has 0 aromatic heterocycles. The van der Waals surface area contributed by atoms with Gasteiger partial charge in [-0.3, -0.25) is 9.79 Å². The summed E-state index contributed by atoms with van der Waals surface area (Å²) < 4.78 is 0. The lowest BCUT2D eigenvalue weighted by atomic mass is 9.85. The van der Waals surface area contributed by atoms with Crippen molar-refractivity contribution in [3.8, 4) is 0 Å². The minimum Gasteiger partial charge on any atom is -0.370 e. The number of likely N-dealkylation sites (tertiary alicyclic amines) is 1. The number of rotatable bonds is 4. The highest BCUT2D eigenvalue weighted by Crippen LogP contribution is 2.44. The Morgan fingerprint density at radius 3 is 2.70 bits per heavy atom. The van der Waals surface area contributed by atoms with Gasteiger partial charge in [-0.05, 0) is 37.0 Å². The lowest BCUT2D eigenvalue weighted by Crippen LogP contribution is -2.48. The van der Waals surface area contributed by atoms with Crippen molar-refractivity contribution in [3.63, 3.8) is 0 Å². The number of nitrogens with one attached hydrogen (secondary N) is 1. The molecular weight excluding hydrogens is 288 g/mol. The van der Waals surface area contributed by atoms with Crippen molar-refractivity contribution in [2.75, 3.05) is 20.1 Å². The number of piperidine rings is 1. The quantitative estimate of drug-likeness (QED) is 0.616. The van der Waals surface area contributed by atoms with E-state index in [-0.39, 0.29) is 5.91 Å². The Morgan fingerprint density at radius 2 is 2.00 bits per heavy atom. The maximum Gasteiger partial charge on any atom is 0.217 e. The average Bonchev–Trinajstić information content (AvgIpc) is 3.32. The van der Waals surface area contributed by atoms with Gasteiger partial charge in [0.15, 0.2) is 5.96 Å². The van der Waals surface area contributed by atoms with Gasteiger partial charge in [0.05, 0.1) is 0 Å². The maximum atomic E-state index is 11.2. The number of guanidine groups is 1. The molecule has 3 rings (SSSR count). The zero-order chi connectivity index (χ0) is 16.2. The molecule has 0 radical (unpaired) electrons. The van der Waals surface area contributed by atoms with Crippen molar-refractivity contribution in [1.29, 1.82) is 0 Å². The van der Waals surface area contributed by atoms with Gasteiger partial charge in [0.2, 0.25) is 5.91 Å². The van der Waals surface area contributed by atoms with Crippen molar-refractivity contribution < 1.29 is 4.79 Å². The number of nitrogens with two attached hydrogens (primary N) is 1. The molecule has 3 aliphatic rings. The van der Waals surface area contributed by atoms with Gasteiger partial charge in [0.1, 0.15) is 0 Å².